The zero-order valence-electron chi connectivity index (χ0n) is 20.8. The van der Waals surface area contributed by atoms with Gasteiger partial charge >= 0.3 is 0 Å². The molecule has 0 radical (unpaired) electrons. The average molecular weight is 503 g/mol. The molecule has 0 spiro atoms. The molecule has 6 nitrogen and oxygen atoms in total. The number of anilines is 1. The summed E-state index contributed by atoms with van der Waals surface area (Å²) in [6.07, 6.45) is 9.17. The van der Waals surface area contributed by atoms with Crippen LogP contribution in [-0.4, -0.2) is 26.5 Å². The average Bonchev–Trinajstić information content (AvgIpc) is 3.23. The molecule has 1 saturated carbocycles. The Morgan fingerprint density at radius 1 is 1.11 bits per heavy atom. The maximum atomic E-state index is 13.2. The molecular weight excluding hydrogens is 472 g/mol. The number of rotatable bonds is 7. The first kappa shape index (κ1) is 25.7. The normalized spacial score (nSPS) is 17.2. The molecule has 4 rings (SSSR count). The monoisotopic (exact) mass is 502 g/mol. The minimum Gasteiger partial charge on any atom is -0.305 e. The smallest absolute Gasteiger partial charge is 0.276 e. The number of nitrogens with zero attached hydrogens (tertiary/aromatic N) is 3. The molecule has 1 N–H and O–H groups in total. The van der Waals surface area contributed by atoms with Crippen LogP contribution < -0.4 is 5.32 Å². The number of carbonyl (C=O) groups is 2. The highest BCUT2D eigenvalue weighted by atomic mass is 35.5. The first-order valence-electron chi connectivity index (χ1n) is 12.4. The molecule has 186 valence electrons. The molecule has 2 aromatic heterocycles. The van der Waals surface area contributed by atoms with Gasteiger partial charge in [-0.25, -0.2) is 4.98 Å². The van der Waals surface area contributed by atoms with Gasteiger partial charge in [-0.3, -0.25) is 9.48 Å². The Morgan fingerprint density at radius 3 is 2.61 bits per heavy atom. The first-order valence-corrected chi connectivity index (χ1v) is 12.8. The highest BCUT2D eigenvalue weighted by molar-refractivity contribution is 6.34. The van der Waals surface area contributed by atoms with Gasteiger partial charge in [-0.1, -0.05) is 54.5 Å². The molecule has 2 atom stereocenters. The number of nitrogens with one attached hydrogen (secondary N) is 1. The highest BCUT2D eigenvalue weighted by Gasteiger charge is 2.26. The number of Topliss-reactive ketones (excluding diaryl/α,β-unsaturated/α-hetero) is 1. The molecule has 1 aliphatic carbocycles. The maximum absolute atomic E-state index is 13.2. The Hall–Kier alpha value is -3.43. The van der Waals surface area contributed by atoms with Crippen LogP contribution in [0.15, 0.2) is 48.8 Å². The van der Waals surface area contributed by atoms with Crippen LogP contribution in [0.4, 0.5) is 5.82 Å². The van der Waals surface area contributed by atoms with Crippen LogP contribution in [0.5, 0.6) is 0 Å². The summed E-state index contributed by atoms with van der Waals surface area (Å²) in [4.78, 5) is 29.0. The lowest BCUT2D eigenvalue weighted by Gasteiger charge is -2.29. The van der Waals surface area contributed by atoms with E-state index in [-0.39, 0.29) is 11.7 Å². The highest BCUT2D eigenvalue weighted by Crippen LogP contribution is 2.33. The minimum atomic E-state index is -0.333. The molecule has 2 heterocycles. The molecule has 3 aromatic rings. The van der Waals surface area contributed by atoms with Crippen LogP contribution in [-0.2, 0) is 11.3 Å². The lowest BCUT2D eigenvalue weighted by Crippen LogP contribution is -2.25. The van der Waals surface area contributed by atoms with E-state index in [9.17, 15) is 9.59 Å². The van der Waals surface area contributed by atoms with Crippen molar-refractivity contribution in [1.29, 1.82) is 0 Å². The van der Waals surface area contributed by atoms with E-state index in [2.05, 4.69) is 27.2 Å². The van der Waals surface area contributed by atoms with Gasteiger partial charge in [-0.15, -0.1) is 0 Å². The second-order valence-electron chi connectivity index (χ2n) is 9.62. The van der Waals surface area contributed by atoms with Crippen molar-refractivity contribution in [1.82, 2.24) is 14.8 Å². The molecule has 0 saturated heterocycles. The number of hydrogen-bond donors (Lipinski definition) is 1. The van der Waals surface area contributed by atoms with Crippen molar-refractivity contribution >= 4 is 29.1 Å². The summed E-state index contributed by atoms with van der Waals surface area (Å²) in [5, 5.41) is 7.60. The summed E-state index contributed by atoms with van der Waals surface area (Å²) in [7, 11) is 0. The molecule has 1 aliphatic rings. The number of benzene rings is 1. The SMILES string of the molecule is CC(=O)CCC1CCCC(Cn2ncc(Cl)c2C(=O)Nc2ncc(C#Cc3ccccc3)cc2C)C1. The predicted molar refractivity (Wildman–Crippen MR) is 142 cm³/mol. The fraction of sp³-hybridized carbons (Fsp3) is 0.379. The van der Waals surface area contributed by atoms with Gasteiger partial charge in [-0.2, -0.15) is 5.10 Å². The quantitative estimate of drug-likeness (QED) is 0.398. The summed E-state index contributed by atoms with van der Waals surface area (Å²) in [5.41, 5.74) is 2.86. The van der Waals surface area contributed by atoms with Gasteiger partial charge in [0.2, 0.25) is 0 Å². The Kier molecular flexibility index (Phi) is 8.56. The van der Waals surface area contributed by atoms with Crippen molar-refractivity contribution in [2.45, 2.75) is 58.9 Å². The molecule has 1 fully saturated rings. The van der Waals surface area contributed by atoms with Crippen molar-refractivity contribution in [2.24, 2.45) is 11.8 Å². The lowest BCUT2D eigenvalue weighted by molar-refractivity contribution is -0.117. The fourth-order valence-corrected chi connectivity index (χ4v) is 5.04. The molecule has 36 heavy (non-hydrogen) atoms. The summed E-state index contributed by atoms with van der Waals surface area (Å²) in [6.45, 7) is 4.17. The van der Waals surface area contributed by atoms with E-state index in [0.717, 1.165) is 48.8 Å². The standard InChI is InChI=1S/C29H31ClN4O2/c1-20-15-24(14-13-22-7-4-3-5-8-22)17-31-28(20)33-29(36)27-26(30)18-32-34(27)19-25-10-6-9-23(16-25)12-11-21(2)35/h3-5,7-8,15,17-18,23,25H,6,9-12,16,19H2,1-2H3,(H,31,33,36). The van der Waals surface area contributed by atoms with Gasteiger partial charge in [0.05, 0.1) is 11.2 Å². The third-order valence-electron chi connectivity index (χ3n) is 6.67. The van der Waals surface area contributed by atoms with Gasteiger partial charge in [0.1, 0.15) is 17.3 Å². The van der Waals surface area contributed by atoms with E-state index >= 15 is 0 Å². The molecule has 1 amide bonds. The second-order valence-corrected chi connectivity index (χ2v) is 10.0. The maximum Gasteiger partial charge on any atom is 0.276 e. The van der Waals surface area contributed by atoms with E-state index in [1.807, 2.05) is 43.3 Å². The Balaban J connectivity index is 1.42. The number of amides is 1. The fourth-order valence-electron chi connectivity index (χ4n) is 4.82. The van der Waals surface area contributed by atoms with Gasteiger partial charge in [0.25, 0.3) is 5.91 Å². The van der Waals surface area contributed by atoms with Gasteiger partial charge < -0.3 is 10.1 Å². The Morgan fingerprint density at radius 2 is 1.86 bits per heavy atom. The number of ketones is 1. The Labute approximate surface area is 217 Å². The summed E-state index contributed by atoms with van der Waals surface area (Å²) < 4.78 is 1.71. The van der Waals surface area contributed by atoms with Gasteiger partial charge in [0, 0.05) is 30.3 Å². The van der Waals surface area contributed by atoms with Crippen LogP contribution in [0.1, 0.15) is 72.6 Å². The summed E-state index contributed by atoms with van der Waals surface area (Å²) in [6, 6.07) is 11.7. The number of hydrogen-bond acceptors (Lipinski definition) is 4. The van der Waals surface area contributed by atoms with Crippen LogP contribution in [0.2, 0.25) is 5.02 Å². The van der Waals surface area contributed by atoms with Crippen molar-refractivity contribution < 1.29 is 9.59 Å². The molecule has 1 aromatic carbocycles. The van der Waals surface area contributed by atoms with Gasteiger partial charge in [-0.05, 0) is 68.7 Å². The van der Waals surface area contributed by atoms with E-state index in [4.69, 9.17) is 11.6 Å². The molecule has 2 unspecified atom stereocenters. The molecular formula is C29H31ClN4O2. The number of halogens is 1. The molecule has 0 bridgehead atoms. The van der Waals surface area contributed by atoms with Crippen LogP contribution >= 0.6 is 11.6 Å². The molecule has 0 aliphatic heterocycles. The first-order chi connectivity index (χ1) is 17.4. The summed E-state index contributed by atoms with van der Waals surface area (Å²) >= 11 is 6.38. The predicted octanol–water partition coefficient (Wildman–Crippen LogP) is 6.07. The van der Waals surface area contributed by atoms with Crippen molar-refractivity contribution in [3.8, 4) is 11.8 Å². The van der Waals surface area contributed by atoms with E-state index in [1.54, 1.807) is 17.8 Å². The largest absolute Gasteiger partial charge is 0.305 e. The topological polar surface area (TPSA) is 76.9 Å². The van der Waals surface area contributed by atoms with Crippen molar-refractivity contribution in [2.75, 3.05) is 5.32 Å². The van der Waals surface area contributed by atoms with E-state index in [0.29, 0.717) is 41.3 Å². The van der Waals surface area contributed by atoms with Crippen molar-refractivity contribution in [3.63, 3.8) is 0 Å². The zero-order chi connectivity index (χ0) is 25.5. The van der Waals surface area contributed by atoms with E-state index < -0.39 is 0 Å². The van der Waals surface area contributed by atoms with E-state index in [1.165, 1.54) is 6.20 Å². The summed E-state index contributed by atoms with van der Waals surface area (Å²) in [5.74, 6) is 7.56. The number of aromatic nitrogens is 3. The van der Waals surface area contributed by atoms with Crippen LogP contribution in [0.25, 0.3) is 0 Å². The van der Waals surface area contributed by atoms with Crippen LogP contribution in [0, 0.1) is 30.6 Å². The second kappa shape index (κ2) is 12.0. The third-order valence-corrected chi connectivity index (χ3v) is 6.95. The number of pyridine rings is 1. The van der Waals surface area contributed by atoms with Crippen molar-refractivity contribution in [3.05, 3.63) is 76.2 Å². The zero-order valence-corrected chi connectivity index (χ0v) is 21.5. The number of carbonyl (C=O) groups excluding carboxylic acids is 2. The van der Waals surface area contributed by atoms with Gasteiger partial charge in [0.15, 0.2) is 0 Å². The minimum absolute atomic E-state index is 0.245. The number of aryl methyl sites for hydroxylation is 1. The van der Waals surface area contributed by atoms with Crippen LogP contribution in [0.3, 0.4) is 0 Å². The lowest BCUT2D eigenvalue weighted by atomic mass is 9.79. The molecule has 7 heteroatoms. The Bertz CT molecular complexity index is 1290. The third kappa shape index (κ3) is 6.83.